The second-order valence-electron chi connectivity index (χ2n) is 6.40. The van der Waals surface area contributed by atoms with Crippen molar-refractivity contribution in [3.8, 4) is 0 Å². The average molecular weight is 316 g/mol. The minimum absolute atomic E-state index is 0.137. The van der Waals surface area contributed by atoms with E-state index >= 15 is 0 Å². The van der Waals surface area contributed by atoms with Gasteiger partial charge < -0.3 is 14.5 Å². The number of hydrogen-bond acceptors (Lipinski definition) is 3. The summed E-state index contributed by atoms with van der Waals surface area (Å²) in [7, 11) is 1.61. The Kier molecular flexibility index (Phi) is 4.96. The molecule has 2 heterocycles. The van der Waals surface area contributed by atoms with Crippen LogP contribution in [0.3, 0.4) is 0 Å². The van der Waals surface area contributed by atoms with Gasteiger partial charge in [0.25, 0.3) is 0 Å². The topological polar surface area (TPSA) is 49.9 Å². The number of nitrogens with zero attached hydrogens (tertiary/aromatic N) is 2. The van der Waals surface area contributed by atoms with Crippen molar-refractivity contribution in [3.05, 3.63) is 35.9 Å². The number of methoxy groups -OCH3 is 1. The summed E-state index contributed by atoms with van der Waals surface area (Å²) in [5, 5.41) is 0. The van der Waals surface area contributed by atoms with Crippen LogP contribution in [0.2, 0.25) is 0 Å². The Morgan fingerprint density at radius 2 is 1.87 bits per heavy atom. The lowest BCUT2D eigenvalue weighted by atomic mass is 9.91. The second kappa shape index (κ2) is 7.13. The molecule has 1 aromatic carbocycles. The van der Waals surface area contributed by atoms with E-state index in [4.69, 9.17) is 4.74 Å². The molecule has 23 heavy (non-hydrogen) atoms. The number of carbonyl (C=O) groups excluding carboxylic acids is 2. The number of likely N-dealkylation sites (tertiary alicyclic amines) is 2. The minimum Gasteiger partial charge on any atom is -0.384 e. The zero-order valence-electron chi connectivity index (χ0n) is 13.6. The van der Waals surface area contributed by atoms with Crippen molar-refractivity contribution >= 4 is 11.8 Å². The molecule has 0 radical (unpaired) electrons. The highest BCUT2D eigenvalue weighted by atomic mass is 16.5. The zero-order chi connectivity index (χ0) is 16.2. The highest BCUT2D eigenvalue weighted by molar-refractivity contribution is 5.79. The van der Waals surface area contributed by atoms with Gasteiger partial charge in [0.2, 0.25) is 11.8 Å². The molecule has 5 nitrogen and oxygen atoms in total. The highest BCUT2D eigenvalue weighted by Crippen LogP contribution is 2.33. The highest BCUT2D eigenvalue weighted by Gasteiger charge is 2.48. The molecular formula is C18H24N2O3. The number of rotatable bonds is 6. The Bertz CT molecular complexity index is 561. The number of ether oxygens (including phenoxy) is 1. The average Bonchev–Trinajstić information content (AvgIpc) is 2.89. The zero-order valence-corrected chi connectivity index (χ0v) is 13.6. The van der Waals surface area contributed by atoms with Crippen LogP contribution in [-0.2, 0) is 20.7 Å². The number of carbonyl (C=O) groups is 2. The molecule has 2 fully saturated rings. The number of hydrogen-bond donors (Lipinski definition) is 0. The van der Waals surface area contributed by atoms with Crippen LogP contribution >= 0.6 is 0 Å². The molecule has 124 valence electrons. The fraction of sp³-hybridized carbons (Fsp3) is 0.556. The van der Waals surface area contributed by atoms with E-state index in [9.17, 15) is 9.59 Å². The third-order valence-corrected chi connectivity index (χ3v) is 4.90. The van der Waals surface area contributed by atoms with Gasteiger partial charge in [0, 0.05) is 39.1 Å². The Labute approximate surface area is 137 Å². The molecule has 2 unspecified atom stereocenters. The van der Waals surface area contributed by atoms with Crippen LogP contribution in [0.1, 0.15) is 18.4 Å². The summed E-state index contributed by atoms with van der Waals surface area (Å²) in [4.78, 5) is 28.3. The quantitative estimate of drug-likeness (QED) is 0.795. The molecule has 2 saturated heterocycles. The van der Waals surface area contributed by atoms with Crippen molar-refractivity contribution in [3.63, 3.8) is 0 Å². The molecule has 0 aromatic heterocycles. The Morgan fingerprint density at radius 3 is 2.61 bits per heavy atom. The summed E-state index contributed by atoms with van der Waals surface area (Å²) < 4.78 is 4.96. The molecule has 2 aliphatic rings. The van der Waals surface area contributed by atoms with Crippen molar-refractivity contribution < 1.29 is 14.3 Å². The molecule has 2 atom stereocenters. The Balaban J connectivity index is 1.46. The van der Waals surface area contributed by atoms with Gasteiger partial charge in [-0.3, -0.25) is 9.59 Å². The van der Waals surface area contributed by atoms with Gasteiger partial charge in [-0.1, -0.05) is 30.3 Å². The molecule has 0 aliphatic carbocycles. The summed E-state index contributed by atoms with van der Waals surface area (Å²) in [5.74, 6) is 0.807. The van der Waals surface area contributed by atoms with Crippen LogP contribution in [0.4, 0.5) is 0 Å². The van der Waals surface area contributed by atoms with E-state index < -0.39 is 0 Å². The summed E-state index contributed by atoms with van der Waals surface area (Å²) >= 11 is 0. The summed E-state index contributed by atoms with van der Waals surface area (Å²) in [5.41, 5.74) is 1.20. The lowest BCUT2D eigenvalue weighted by molar-refractivity contribution is -0.141. The first kappa shape index (κ1) is 16.0. The molecule has 0 saturated carbocycles. The first-order valence-electron chi connectivity index (χ1n) is 8.29. The second-order valence-corrected chi connectivity index (χ2v) is 6.40. The lowest BCUT2D eigenvalue weighted by Gasteiger charge is -2.43. The van der Waals surface area contributed by atoms with Crippen molar-refractivity contribution in [1.82, 2.24) is 9.80 Å². The van der Waals surface area contributed by atoms with Gasteiger partial charge in [-0.05, 0) is 12.0 Å². The fourth-order valence-electron chi connectivity index (χ4n) is 3.51. The Hall–Kier alpha value is -1.88. The van der Waals surface area contributed by atoms with Gasteiger partial charge in [-0.25, -0.2) is 0 Å². The summed E-state index contributed by atoms with van der Waals surface area (Å²) in [6.45, 7) is 2.73. The maximum absolute atomic E-state index is 12.4. The van der Waals surface area contributed by atoms with E-state index in [1.54, 1.807) is 7.11 Å². The van der Waals surface area contributed by atoms with Gasteiger partial charge in [-0.15, -0.1) is 0 Å². The fourth-order valence-corrected chi connectivity index (χ4v) is 3.51. The SMILES string of the molecule is COCCC(=O)N1CC2CN(C(=O)CCc3ccccc3)C2C1. The van der Waals surface area contributed by atoms with E-state index in [0.29, 0.717) is 31.9 Å². The van der Waals surface area contributed by atoms with Crippen LogP contribution in [-0.4, -0.2) is 61.0 Å². The van der Waals surface area contributed by atoms with Crippen LogP contribution in [0.5, 0.6) is 0 Å². The normalized spacial score (nSPS) is 22.7. The van der Waals surface area contributed by atoms with E-state index in [-0.39, 0.29) is 17.9 Å². The number of amides is 2. The first-order chi connectivity index (χ1) is 11.2. The molecule has 0 spiro atoms. The van der Waals surface area contributed by atoms with Crippen LogP contribution in [0.25, 0.3) is 0 Å². The molecule has 1 aromatic rings. The maximum Gasteiger partial charge on any atom is 0.224 e. The summed E-state index contributed by atoms with van der Waals surface area (Å²) in [6, 6.07) is 10.3. The monoisotopic (exact) mass is 316 g/mol. The minimum atomic E-state index is 0.137. The third kappa shape index (κ3) is 3.55. The predicted octanol–water partition coefficient (Wildman–Crippen LogP) is 1.32. The predicted molar refractivity (Wildman–Crippen MR) is 86.8 cm³/mol. The third-order valence-electron chi connectivity index (χ3n) is 4.90. The van der Waals surface area contributed by atoms with Crippen LogP contribution in [0.15, 0.2) is 30.3 Å². The standard InChI is InChI=1S/C18H24N2O3/c1-23-10-9-17(21)19-11-15-12-20(16(15)13-19)18(22)8-7-14-5-3-2-4-6-14/h2-6,15-16H,7-13H2,1H3. The van der Waals surface area contributed by atoms with E-state index in [0.717, 1.165) is 19.5 Å². The molecular weight excluding hydrogens is 292 g/mol. The van der Waals surface area contributed by atoms with Crippen molar-refractivity contribution in [2.45, 2.75) is 25.3 Å². The number of benzene rings is 1. The van der Waals surface area contributed by atoms with E-state index in [1.807, 2.05) is 28.0 Å². The van der Waals surface area contributed by atoms with E-state index in [2.05, 4.69) is 12.1 Å². The first-order valence-corrected chi connectivity index (χ1v) is 8.29. The smallest absolute Gasteiger partial charge is 0.224 e. The molecule has 2 amide bonds. The van der Waals surface area contributed by atoms with Gasteiger partial charge in [0.05, 0.1) is 19.1 Å². The van der Waals surface area contributed by atoms with Gasteiger partial charge >= 0.3 is 0 Å². The number of fused-ring (bicyclic) bond motifs is 1. The Morgan fingerprint density at radius 1 is 1.09 bits per heavy atom. The molecule has 0 N–H and O–H groups in total. The number of aryl methyl sites for hydroxylation is 1. The molecule has 0 bridgehead atoms. The maximum atomic E-state index is 12.4. The molecule has 2 aliphatic heterocycles. The van der Waals surface area contributed by atoms with Crippen LogP contribution < -0.4 is 0 Å². The largest absolute Gasteiger partial charge is 0.384 e. The lowest BCUT2D eigenvalue weighted by Crippen LogP contribution is -2.58. The van der Waals surface area contributed by atoms with Gasteiger partial charge in [-0.2, -0.15) is 0 Å². The molecule has 3 rings (SSSR count). The van der Waals surface area contributed by atoms with Crippen molar-refractivity contribution in [1.29, 1.82) is 0 Å². The summed E-state index contributed by atoms with van der Waals surface area (Å²) in [6.07, 6.45) is 1.76. The van der Waals surface area contributed by atoms with Crippen LogP contribution in [0, 0.1) is 5.92 Å². The van der Waals surface area contributed by atoms with Crippen molar-refractivity contribution in [2.75, 3.05) is 33.4 Å². The van der Waals surface area contributed by atoms with Crippen molar-refractivity contribution in [2.24, 2.45) is 5.92 Å². The van der Waals surface area contributed by atoms with Gasteiger partial charge in [0.15, 0.2) is 0 Å². The van der Waals surface area contributed by atoms with E-state index in [1.165, 1.54) is 5.56 Å². The molecule has 5 heteroatoms. The van der Waals surface area contributed by atoms with Gasteiger partial charge in [0.1, 0.15) is 0 Å².